The molecule has 1 N–H and O–H groups in total. The molecular formula is C19H12ClF6N3. The normalized spacial score (nSPS) is 14.0. The first-order chi connectivity index (χ1) is 13.6. The molecule has 3 aromatic rings. The number of aromatic nitrogens is 2. The van der Waals surface area contributed by atoms with Gasteiger partial charge in [-0.1, -0.05) is 17.7 Å². The zero-order valence-corrected chi connectivity index (χ0v) is 15.3. The molecule has 0 saturated carbocycles. The third-order valence-electron chi connectivity index (χ3n) is 4.62. The number of halogens is 7. The lowest BCUT2D eigenvalue weighted by Crippen LogP contribution is -2.08. The molecule has 0 fully saturated rings. The molecule has 2 aromatic carbocycles. The third-order valence-corrected chi connectivity index (χ3v) is 4.95. The van der Waals surface area contributed by atoms with Crippen LogP contribution in [0.15, 0.2) is 42.5 Å². The van der Waals surface area contributed by atoms with Crippen LogP contribution in [0.1, 0.15) is 16.7 Å². The maximum absolute atomic E-state index is 13.1. The lowest BCUT2D eigenvalue weighted by atomic mass is 10.0. The molecule has 4 rings (SSSR count). The third kappa shape index (κ3) is 3.55. The van der Waals surface area contributed by atoms with Crippen molar-refractivity contribution < 1.29 is 26.3 Å². The van der Waals surface area contributed by atoms with Gasteiger partial charge in [-0.15, -0.1) is 0 Å². The number of hydrogen-bond donors (Lipinski definition) is 1. The Hall–Kier alpha value is -2.68. The predicted octanol–water partition coefficient (Wildman–Crippen LogP) is 6.20. The van der Waals surface area contributed by atoms with Crippen molar-refractivity contribution in [3.8, 4) is 16.9 Å². The average Bonchev–Trinajstić information content (AvgIpc) is 3.23. The van der Waals surface area contributed by atoms with Crippen molar-refractivity contribution in [2.45, 2.75) is 18.8 Å². The molecule has 152 valence electrons. The van der Waals surface area contributed by atoms with Gasteiger partial charge in [-0.3, -0.25) is 0 Å². The number of alkyl halides is 6. The van der Waals surface area contributed by atoms with Crippen molar-refractivity contribution in [1.82, 2.24) is 9.78 Å². The van der Waals surface area contributed by atoms with E-state index in [1.165, 1.54) is 16.8 Å². The van der Waals surface area contributed by atoms with E-state index in [1.54, 1.807) is 0 Å². The summed E-state index contributed by atoms with van der Waals surface area (Å²) in [4.78, 5) is 0. The van der Waals surface area contributed by atoms with E-state index in [9.17, 15) is 26.3 Å². The number of benzene rings is 2. The minimum atomic E-state index is -4.57. The number of anilines is 1. The summed E-state index contributed by atoms with van der Waals surface area (Å²) < 4.78 is 79.9. The second-order valence-corrected chi connectivity index (χ2v) is 6.91. The summed E-state index contributed by atoms with van der Waals surface area (Å²) >= 11 is 6.14. The number of fused-ring (bicyclic) bond motifs is 1. The molecule has 0 spiro atoms. The maximum atomic E-state index is 13.1. The Balaban J connectivity index is 1.88. The van der Waals surface area contributed by atoms with E-state index < -0.39 is 23.5 Å². The van der Waals surface area contributed by atoms with Crippen molar-refractivity contribution in [2.24, 2.45) is 0 Å². The highest BCUT2D eigenvalue weighted by Crippen LogP contribution is 2.41. The number of hydrogen-bond acceptors (Lipinski definition) is 2. The van der Waals surface area contributed by atoms with Crippen molar-refractivity contribution in [2.75, 3.05) is 11.9 Å². The summed E-state index contributed by atoms with van der Waals surface area (Å²) in [6.45, 7) is 0.482. The number of rotatable bonds is 2. The zero-order valence-electron chi connectivity index (χ0n) is 14.5. The smallest absolute Gasteiger partial charge is 0.369 e. The fourth-order valence-electron chi connectivity index (χ4n) is 3.27. The lowest BCUT2D eigenvalue weighted by Gasteiger charge is -2.11. The Morgan fingerprint density at radius 3 is 2.31 bits per heavy atom. The second kappa shape index (κ2) is 6.69. The molecule has 0 radical (unpaired) electrons. The van der Waals surface area contributed by atoms with Crippen LogP contribution in [0.2, 0.25) is 5.02 Å². The molecule has 0 amide bonds. The van der Waals surface area contributed by atoms with E-state index in [2.05, 4.69) is 10.4 Å². The Morgan fingerprint density at radius 1 is 0.931 bits per heavy atom. The summed E-state index contributed by atoms with van der Waals surface area (Å²) in [7, 11) is 0. The molecule has 0 atom stereocenters. The molecule has 0 saturated heterocycles. The molecule has 0 aliphatic carbocycles. The van der Waals surface area contributed by atoms with Crippen molar-refractivity contribution >= 4 is 17.4 Å². The molecule has 29 heavy (non-hydrogen) atoms. The minimum Gasteiger partial charge on any atom is -0.369 e. The van der Waals surface area contributed by atoms with Crippen LogP contribution in [0.25, 0.3) is 16.9 Å². The Bertz CT molecular complexity index is 1080. The van der Waals surface area contributed by atoms with Crippen molar-refractivity contribution in [3.05, 3.63) is 64.2 Å². The summed E-state index contributed by atoms with van der Waals surface area (Å²) in [5.41, 5.74) is -0.713. The first kappa shape index (κ1) is 19.6. The van der Waals surface area contributed by atoms with E-state index >= 15 is 0 Å². The van der Waals surface area contributed by atoms with E-state index in [0.29, 0.717) is 24.3 Å². The van der Waals surface area contributed by atoms with E-state index in [4.69, 9.17) is 11.6 Å². The van der Waals surface area contributed by atoms with Gasteiger partial charge in [-0.2, -0.15) is 31.4 Å². The van der Waals surface area contributed by atoms with Crippen LogP contribution in [0.4, 0.5) is 32.2 Å². The maximum Gasteiger partial charge on any atom is 0.416 e. The van der Waals surface area contributed by atoms with Gasteiger partial charge in [0.15, 0.2) is 0 Å². The van der Waals surface area contributed by atoms with Gasteiger partial charge in [-0.05, 0) is 42.8 Å². The van der Waals surface area contributed by atoms with Gasteiger partial charge in [0.05, 0.1) is 27.5 Å². The molecule has 1 aromatic heterocycles. The molecule has 1 aliphatic rings. The van der Waals surface area contributed by atoms with Crippen LogP contribution in [-0.4, -0.2) is 16.3 Å². The van der Waals surface area contributed by atoms with Gasteiger partial charge in [0.25, 0.3) is 0 Å². The van der Waals surface area contributed by atoms with E-state index in [0.717, 1.165) is 30.3 Å². The topological polar surface area (TPSA) is 29.9 Å². The highest BCUT2D eigenvalue weighted by atomic mass is 35.5. The average molecular weight is 432 g/mol. The molecule has 0 bridgehead atoms. The number of nitrogens with zero attached hydrogens (tertiary/aromatic N) is 2. The molecule has 1 aliphatic heterocycles. The summed E-state index contributed by atoms with van der Waals surface area (Å²) in [5.74, 6) is 0.438. The molecular weight excluding hydrogens is 420 g/mol. The fourth-order valence-corrected chi connectivity index (χ4v) is 3.48. The summed E-state index contributed by atoms with van der Waals surface area (Å²) in [6, 6.07) is 7.47. The van der Waals surface area contributed by atoms with Crippen LogP contribution in [0.3, 0.4) is 0 Å². The first-order valence-corrected chi connectivity index (χ1v) is 8.84. The molecule has 3 nitrogen and oxygen atoms in total. The molecule has 2 heterocycles. The van der Waals surface area contributed by atoms with Crippen molar-refractivity contribution in [3.63, 3.8) is 0 Å². The largest absolute Gasteiger partial charge is 0.416 e. The Labute approximate surface area is 165 Å². The highest BCUT2D eigenvalue weighted by molar-refractivity contribution is 6.33. The van der Waals surface area contributed by atoms with Gasteiger partial charge >= 0.3 is 12.4 Å². The Kier molecular flexibility index (Phi) is 4.53. The standard InChI is InChI=1S/C19H12ClF6N3/c20-15-5-4-11(19(24,25)26)9-14(15)16-13-6-7-27-17(13)29(28-16)12-3-1-2-10(8-12)18(21,22)23/h1-5,8-9,27H,6-7H2. The van der Waals surface area contributed by atoms with E-state index in [-0.39, 0.29) is 22.0 Å². The summed E-state index contributed by atoms with van der Waals surface area (Å²) in [5, 5.41) is 7.42. The fraction of sp³-hybridized carbons (Fsp3) is 0.211. The monoisotopic (exact) mass is 431 g/mol. The zero-order chi connectivity index (χ0) is 21.0. The van der Waals surface area contributed by atoms with Crippen LogP contribution < -0.4 is 5.32 Å². The highest BCUT2D eigenvalue weighted by Gasteiger charge is 2.33. The van der Waals surface area contributed by atoms with Crippen LogP contribution in [-0.2, 0) is 18.8 Å². The van der Waals surface area contributed by atoms with E-state index in [1.807, 2.05) is 0 Å². The van der Waals surface area contributed by atoms with Crippen molar-refractivity contribution in [1.29, 1.82) is 0 Å². The molecule has 0 unspecified atom stereocenters. The van der Waals surface area contributed by atoms with Crippen LogP contribution in [0.5, 0.6) is 0 Å². The van der Waals surface area contributed by atoms with Crippen LogP contribution in [0, 0.1) is 0 Å². The quantitative estimate of drug-likeness (QED) is 0.490. The van der Waals surface area contributed by atoms with Gasteiger partial charge < -0.3 is 5.32 Å². The van der Waals surface area contributed by atoms with Gasteiger partial charge in [-0.25, -0.2) is 4.68 Å². The minimum absolute atomic E-state index is 0.0707. The predicted molar refractivity (Wildman–Crippen MR) is 96.2 cm³/mol. The van der Waals surface area contributed by atoms with Gasteiger partial charge in [0.1, 0.15) is 5.82 Å². The Morgan fingerprint density at radius 2 is 1.62 bits per heavy atom. The molecule has 10 heteroatoms. The SMILES string of the molecule is FC(F)(F)c1cccc(-n2nc(-c3cc(C(F)(F)F)ccc3Cl)c3c2NCC3)c1. The van der Waals surface area contributed by atoms with Gasteiger partial charge in [0, 0.05) is 17.7 Å². The lowest BCUT2D eigenvalue weighted by molar-refractivity contribution is -0.138. The first-order valence-electron chi connectivity index (χ1n) is 8.46. The second-order valence-electron chi connectivity index (χ2n) is 6.50. The summed E-state index contributed by atoms with van der Waals surface area (Å²) in [6.07, 6.45) is -8.65. The van der Waals surface area contributed by atoms with Crippen LogP contribution >= 0.6 is 11.6 Å². The van der Waals surface area contributed by atoms with Gasteiger partial charge in [0.2, 0.25) is 0 Å². The number of nitrogens with one attached hydrogen (secondary N) is 1.